The van der Waals surface area contributed by atoms with E-state index in [1.807, 2.05) is 18.5 Å². The lowest BCUT2D eigenvalue weighted by Gasteiger charge is -1.98. The second kappa shape index (κ2) is 3.03. The van der Waals surface area contributed by atoms with Crippen molar-refractivity contribution in [2.75, 3.05) is 7.11 Å². The van der Waals surface area contributed by atoms with Crippen molar-refractivity contribution >= 4 is 27.0 Å². The molecule has 0 spiro atoms. The number of fused-ring (bicyclic) bond motifs is 1. The summed E-state index contributed by atoms with van der Waals surface area (Å²) in [5.74, 6) is 0. The van der Waals surface area contributed by atoms with Gasteiger partial charge in [0.25, 0.3) is 0 Å². The van der Waals surface area contributed by atoms with E-state index in [0.29, 0.717) is 0 Å². The van der Waals surface area contributed by atoms with Crippen molar-refractivity contribution in [1.82, 2.24) is 4.98 Å². The highest BCUT2D eigenvalue weighted by Gasteiger charge is 2.14. The van der Waals surface area contributed by atoms with Crippen LogP contribution in [0.4, 0.5) is 0 Å². The summed E-state index contributed by atoms with van der Waals surface area (Å²) in [6.45, 7) is 2.06. The molecule has 4 heteroatoms. The van der Waals surface area contributed by atoms with Crippen molar-refractivity contribution in [2.45, 2.75) is 6.92 Å². The zero-order chi connectivity index (χ0) is 9.42. The first-order valence-electron chi connectivity index (χ1n) is 3.96. The number of aryl methyl sites for hydroxylation is 1. The molecule has 0 fully saturated rings. The standard InChI is InChI=1S/C9H9BrN2O/c1-6-5-11-9-8(6)7(10)3-4-12(9)13-2/h3-5H,1-2H3/p+1. The molecule has 0 radical (unpaired) electrons. The first kappa shape index (κ1) is 8.56. The van der Waals surface area contributed by atoms with Crippen LogP contribution in [0.2, 0.25) is 0 Å². The smallest absolute Gasteiger partial charge is 0.327 e. The summed E-state index contributed by atoms with van der Waals surface area (Å²) in [5.41, 5.74) is 2.17. The maximum absolute atomic E-state index is 5.16. The van der Waals surface area contributed by atoms with Gasteiger partial charge in [0.1, 0.15) is 13.3 Å². The summed E-state index contributed by atoms with van der Waals surface area (Å²) in [4.78, 5) is 8.32. The third-order valence-corrected chi connectivity index (χ3v) is 2.73. The molecule has 0 bridgehead atoms. The number of pyridine rings is 1. The fraction of sp³-hybridized carbons (Fsp3) is 0.222. The lowest BCUT2D eigenvalue weighted by Crippen LogP contribution is -2.40. The normalized spacial score (nSPS) is 10.7. The predicted octanol–water partition coefficient (Wildman–Crippen LogP) is 1.58. The van der Waals surface area contributed by atoms with Crippen LogP contribution in [-0.4, -0.2) is 12.1 Å². The van der Waals surface area contributed by atoms with Gasteiger partial charge in [-0.2, -0.15) is 0 Å². The summed E-state index contributed by atoms with van der Waals surface area (Å²) in [7, 11) is 1.64. The van der Waals surface area contributed by atoms with Gasteiger partial charge in [-0.25, -0.2) is 4.98 Å². The fourth-order valence-electron chi connectivity index (χ4n) is 1.43. The molecule has 0 saturated carbocycles. The van der Waals surface area contributed by atoms with Gasteiger partial charge in [0.05, 0.1) is 11.6 Å². The number of aromatic nitrogens is 2. The number of H-pyrrole nitrogens is 1. The Morgan fingerprint density at radius 2 is 2.31 bits per heavy atom. The molecule has 1 N–H and O–H groups in total. The van der Waals surface area contributed by atoms with Crippen LogP contribution < -0.4 is 9.57 Å². The Balaban J connectivity index is 2.87. The van der Waals surface area contributed by atoms with Crippen LogP contribution in [0.5, 0.6) is 0 Å². The first-order chi connectivity index (χ1) is 6.24. The van der Waals surface area contributed by atoms with E-state index in [2.05, 4.69) is 27.8 Å². The lowest BCUT2D eigenvalue weighted by atomic mass is 10.2. The molecule has 2 aromatic rings. The molecule has 0 aliphatic heterocycles. The summed E-state index contributed by atoms with van der Waals surface area (Å²) >= 11 is 3.50. The molecule has 0 atom stereocenters. The molecule has 13 heavy (non-hydrogen) atoms. The topological polar surface area (TPSA) is 28.9 Å². The van der Waals surface area contributed by atoms with Crippen molar-refractivity contribution in [1.29, 1.82) is 0 Å². The van der Waals surface area contributed by atoms with E-state index < -0.39 is 0 Å². The van der Waals surface area contributed by atoms with Crippen molar-refractivity contribution < 1.29 is 9.57 Å². The number of aromatic amines is 1. The Labute approximate surface area is 84.4 Å². The third kappa shape index (κ3) is 1.21. The van der Waals surface area contributed by atoms with E-state index in [0.717, 1.165) is 15.5 Å². The van der Waals surface area contributed by atoms with Crippen molar-refractivity contribution in [3.8, 4) is 0 Å². The molecule has 3 nitrogen and oxygen atoms in total. The molecule has 0 aromatic carbocycles. The van der Waals surface area contributed by atoms with Crippen LogP contribution in [-0.2, 0) is 0 Å². The average molecular weight is 242 g/mol. The summed E-state index contributed by atoms with van der Waals surface area (Å²) < 4.78 is 2.78. The Bertz CT molecular complexity index is 450. The molecular formula is C9H10BrN2O+. The fourth-order valence-corrected chi connectivity index (χ4v) is 2.04. The van der Waals surface area contributed by atoms with Gasteiger partial charge in [-0.3, -0.25) is 0 Å². The van der Waals surface area contributed by atoms with Crippen LogP contribution in [0.1, 0.15) is 5.56 Å². The zero-order valence-corrected chi connectivity index (χ0v) is 9.05. The number of nitrogens with zero attached hydrogens (tertiary/aromatic N) is 1. The van der Waals surface area contributed by atoms with Crippen LogP contribution in [0, 0.1) is 6.92 Å². The van der Waals surface area contributed by atoms with E-state index >= 15 is 0 Å². The number of halogens is 1. The van der Waals surface area contributed by atoms with Crippen LogP contribution in [0.15, 0.2) is 22.9 Å². The monoisotopic (exact) mass is 241 g/mol. The SMILES string of the molecule is CO[n+]1ccc(Br)c2c(C)c[nH]c21. The highest BCUT2D eigenvalue weighted by Crippen LogP contribution is 2.23. The molecule has 0 saturated heterocycles. The highest BCUT2D eigenvalue weighted by molar-refractivity contribution is 9.10. The maximum atomic E-state index is 5.16. The molecule has 0 unspecified atom stereocenters. The van der Waals surface area contributed by atoms with E-state index in [9.17, 15) is 0 Å². The Morgan fingerprint density at radius 3 is 3.00 bits per heavy atom. The summed E-state index contributed by atoms with van der Waals surface area (Å²) in [5, 5.41) is 1.16. The van der Waals surface area contributed by atoms with E-state index in [1.54, 1.807) is 11.8 Å². The first-order valence-corrected chi connectivity index (χ1v) is 4.75. The van der Waals surface area contributed by atoms with Crippen LogP contribution >= 0.6 is 15.9 Å². The van der Waals surface area contributed by atoms with Gasteiger partial charge in [0, 0.05) is 10.0 Å². The number of hydrogen-bond donors (Lipinski definition) is 1. The predicted molar refractivity (Wildman–Crippen MR) is 53.4 cm³/mol. The van der Waals surface area contributed by atoms with Gasteiger partial charge in [0.15, 0.2) is 0 Å². The van der Waals surface area contributed by atoms with Crippen LogP contribution in [0.3, 0.4) is 0 Å². The summed E-state index contributed by atoms with van der Waals surface area (Å²) in [6.07, 6.45) is 3.83. The van der Waals surface area contributed by atoms with E-state index in [4.69, 9.17) is 4.84 Å². The molecule has 2 heterocycles. The maximum Gasteiger partial charge on any atom is 0.327 e. The molecule has 0 amide bonds. The van der Waals surface area contributed by atoms with Gasteiger partial charge >= 0.3 is 5.65 Å². The van der Waals surface area contributed by atoms with Crippen molar-refractivity contribution in [3.63, 3.8) is 0 Å². The minimum absolute atomic E-state index is 0.967. The van der Waals surface area contributed by atoms with Gasteiger partial charge in [-0.15, -0.1) is 0 Å². The molecular weight excluding hydrogens is 232 g/mol. The molecule has 2 aromatic heterocycles. The minimum atomic E-state index is 0.967. The van der Waals surface area contributed by atoms with Crippen molar-refractivity contribution in [3.05, 3.63) is 28.5 Å². The van der Waals surface area contributed by atoms with E-state index in [1.165, 1.54) is 5.56 Å². The van der Waals surface area contributed by atoms with Gasteiger partial charge < -0.3 is 4.84 Å². The Hall–Kier alpha value is -1.03. The lowest BCUT2D eigenvalue weighted by molar-refractivity contribution is -0.866. The molecule has 68 valence electrons. The van der Waals surface area contributed by atoms with Crippen molar-refractivity contribution in [2.24, 2.45) is 0 Å². The molecule has 0 aliphatic rings. The second-order valence-corrected chi connectivity index (χ2v) is 3.72. The Morgan fingerprint density at radius 1 is 1.54 bits per heavy atom. The largest absolute Gasteiger partial charge is 0.339 e. The third-order valence-electron chi connectivity index (χ3n) is 2.07. The quantitative estimate of drug-likeness (QED) is 0.756. The number of rotatable bonds is 1. The minimum Gasteiger partial charge on any atom is -0.339 e. The van der Waals surface area contributed by atoms with E-state index in [-0.39, 0.29) is 0 Å². The van der Waals surface area contributed by atoms with Gasteiger partial charge in [-0.05, 0) is 33.7 Å². The second-order valence-electron chi connectivity index (χ2n) is 2.87. The average Bonchev–Trinajstić information content (AvgIpc) is 2.50. The number of hydrogen-bond acceptors (Lipinski definition) is 1. The summed E-state index contributed by atoms with van der Waals surface area (Å²) in [6, 6.07) is 1.96. The van der Waals surface area contributed by atoms with Crippen LogP contribution in [0.25, 0.3) is 11.0 Å². The molecule has 2 rings (SSSR count). The highest BCUT2D eigenvalue weighted by atomic mass is 79.9. The number of nitrogens with one attached hydrogen (secondary N) is 1. The van der Waals surface area contributed by atoms with Gasteiger partial charge in [-0.1, -0.05) is 0 Å². The zero-order valence-electron chi connectivity index (χ0n) is 7.47. The molecule has 0 aliphatic carbocycles. The Kier molecular flexibility index (Phi) is 2.00. The van der Waals surface area contributed by atoms with Gasteiger partial charge in [0.2, 0.25) is 0 Å².